The Labute approximate surface area is 570 Å². The smallest absolute Gasteiger partial charge is 0.408 e. The van der Waals surface area contributed by atoms with E-state index >= 15 is 9.59 Å². The van der Waals surface area contributed by atoms with Gasteiger partial charge in [-0.25, -0.2) is 19.4 Å². The van der Waals surface area contributed by atoms with E-state index in [9.17, 15) is 34.2 Å². The molecule has 5 aliphatic rings. The number of anilines is 1. The number of Topliss-reactive ketones (excluding diaryl/α,β-unsaturated/α-hetero) is 1. The standard InChI is InChI=1S/C67H77N9O20S2/c1-33-41(28-67(85)55(93-59(82)38-23-17-14-18-24-38)53-65(10,44(79)27-45-66(53,31-88-45)94-35(3)78)54(80)50(89-34(2)77)46(33)64(67,8)9)92-60(83)51(47(37-21-15-13-16-22-37)70-62(84)95-63(5,6)7)90-36(4)97-98-43-26-20-19-25-39(43)40-29-76(74-73-40)96-52-49(87-12)42(30-86-11)91-58(52)75-32-69-48-56(75)71-61(68)72-57(48)81/h13-26,29,32,41-42,44-45,47,49-53,55,58,79,85H,4,27-28,30-31H2,1-3,5-12H3,(H,70,84)(H3,68,71,72,81)/t41-,42?,44-,45+,47-,49?,50+,51+,52?,53?,55-,58?,65+,66-,67+/m0/s1. The number of amides is 1. The third-order valence-electron chi connectivity index (χ3n) is 18.8. The summed E-state index contributed by atoms with van der Waals surface area (Å²) in [4.78, 5) is 119. The number of ketones is 1. The third-order valence-corrected chi connectivity index (χ3v) is 21.0. The maximum atomic E-state index is 16.0. The van der Waals surface area contributed by atoms with Crippen LogP contribution < -0.4 is 21.4 Å². The predicted molar refractivity (Wildman–Crippen MR) is 350 cm³/mol. The minimum absolute atomic E-state index is 0.00934. The van der Waals surface area contributed by atoms with Gasteiger partial charge in [0, 0.05) is 56.8 Å². The molecular weight excluding hydrogens is 1310 g/mol. The zero-order valence-corrected chi connectivity index (χ0v) is 57.2. The number of carbonyl (C=O) groups excluding carboxylic acids is 6. The van der Waals surface area contributed by atoms with Gasteiger partial charge in [0.05, 0.1) is 48.7 Å². The molecule has 6 N–H and O–H groups in total. The Morgan fingerprint density at radius 2 is 1.63 bits per heavy atom. The molecule has 15 atom stereocenters. The number of aliphatic hydroxyl groups excluding tert-OH is 1. The molecule has 522 valence electrons. The van der Waals surface area contributed by atoms with Crippen molar-refractivity contribution in [2.75, 3.05) is 33.2 Å². The number of H-pyrrole nitrogens is 1. The van der Waals surface area contributed by atoms with Gasteiger partial charge in [0.15, 0.2) is 40.0 Å². The topological polar surface area (TPSA) is 377 Å². The van der Waals surface area contributed by atoms with Crippen molar-refractivity contribution in [3.63, 3.8) is 0 Å². The molecule has 98 heavy (non-hydrogen) atoms. The van der Waals surface area contributed by atoms with Crippen molar-refractivity contribution < 1.29 is 91.2 Å². The Kier molecular flexibility index (Phi) is 19.9. The molecule has 4 fully saturated rings. The number of hydrogen-bond donors (Lipinski definition) is 5. The Hall–Kier alpha value is -8.69. The normalized spacial score (nSPS) is 28.5. The number of aromatic nitrogens is 7. The second kappa shape index (κ2) is 27.6. The molecule has 2 saturated heterocycles. The molecule has 6 aromatic rings. The molecule has 2 bridgehead atoms. The van der Waals surface area contributed by atoms with Gasteiger partial charge in [-0.1, -0.05) is 85.4 Å². The van der Waals surface area contributed by atoms with Gasteiger partial charge in [-0.05, 0) is 103 Å². The van der Waals surface area contributed by atoms with Gasteiger partial charge in [0.2, 0.25) is 18.2 Å². The lowest BCUT2D eigenvalue weighted by atomic mass is 9.44. The first-order chi connectivity index (χ1) is 46.4. The lowest BCUT2D eigenvalue weighted by molar-refractivity contribution is -0.346. The van der Waals surface area contributed by atoms with Crippen LogP contribution in [-0.2, 0) is 66.5 Å². The first-order valence-electron chi connectivity index (χ1n) is 31.4. The van der Waals surface area contributed by atoms with Crippen LogP contribution in [0.4, 0.5) is 10.7 Å². The SMILES string of the molecule is C=C(O[C@@H](C(=O)O[C@H]1C[C@@]2(O)[C@@H](OC(=O)c3ccccc3)C3[C@](C)(C(=O)[C@H](OC(C)=O)C(=C1C)C2(C)C)[C@@H](O)C[C@H]1OC[C@@]31OC(C)=O)[C@@H](NC(=O)OC(C)(C)C)c1ccccc1)SSc1ccccc1-c1cn(OC2C(OC)C(COC)OC2n2cnc3c(=O)[nH]c(N)nc32)nn1. The Bertz CT molecular complexity index is 4140. The Balaban J connectivity index is 0.941. The zero-order valence-electron chi connectivity index (χ0n) is 55.5. The second-order valence-electron chi connectivity index (χ2n) is 26.4. The first-order valence-corrected chi connectivity index (χ1v) is 33.5. The van der Waals surface area contributed by atoms with E-state index in [1.165, 1.54) is 57.3 Å². The van der Waals surface area contributed by atoms with Gasteiger partial charge >= 0.3 is 30.0 Å². The quantitative estimate of drug-likeness (QED) is 0.0179. The molecule has 0 spiro atoms. The average molecular weight is 1390 g/mol. The molecule has 3 aliphatic carbocycles. The van der Waals surface area contributed by atoms with Crippen LogP contribution in [0, 0.1) is 16.7 Å². The number of aromatic amines is 1. The summed E-state index contributed by atoms with van der Waals surface area (Å²) in [6.07, 6.45) is -12.4. The number of aliphatic hydroxyl groups is 2. The van der Waals surface area contributed by atoms with Crippen LogP contribution in [-0.4, -0.2) is 180 Å². The first kappa shape index (κ1) is 70.6. The number of esters is 4. The van der Waals surface area contributed by atoms with E-state index in [0.717, 1.165) is 40.3 Å². The number of nitrogen functional groups attached to an aromatic ring is 1. The molecule has 5 heterocycles. The van der Waals surface area contributed by atoms with Crippen molar-refractivity contribution in [1.29, 1.82) is 0 Å². The molecular formula is C67H77N9O20S2. The molecule has 1 amide bonds. The molecule has 31 heteroatoms. The highest BCUT2D eigenvalue weighted by Gasteiger charge is 2.78. The lowest BCUT2D eigenvalue weighted by Gasteiger charge is -2.67. The minimum Gasteiger partial charge on any atom is -0.470 e. The Morgan fingerprint density at radius 1 is 0.939 bits per heavy atom. The fraction of sp³-hybridized carbons (Fsp3) is 0.478. The zero-order chi connectivity index (χ0) is 70.6. The number of imidazole rings is 1. The van der Waals surface area contributed by atoms with Crippen LogP contribution in [0.1, 0.15) is 103 Å². The van der Waals surface area contributed by atoms with Gasteiger partial charge in [0.1, 0.15) is 53.5 Å². The van der Waals surface area contributed by atoms with Crippen molar-refractivity contribution in [3.05, 3.63) is 142 Å². The highest BCUT2D eigenvalue weighted by Crippen LogP contribution is 2.65. The molecule has 2 aliphatic heterocycles. The van der Waals surface area contributed by atoms with Crippen molar-refractivity contribution in [1.82, 2.24) is 40.0 Å². The number of nitrogens with zero attached hydrogens (tertiary/aromatic N) is 6. The lowest BCUT2D eigenvalue weighted by Crippen LogP contribution is -2.82. The average Bonchev–Trinajstić information content (AvgIpc) is 0.753. The second-order valence-corrected chi connectivity index (χ2v) is 28.6. The summed E-state index contributed by atoms with van der Waals surface area (Å²) in [6.45, 7) is 17.2. The van der Waals surface area contributed by atoms with Gasteiger partial charge < -0.3 is 73.5 Å². The van der Waals surface area contributed by atoms with Crippen molar-refractivity contribution in [2.45, 2.75) is 164 Å². The summed E-state index contributed by atoms with van der Waals surface area (Å²) in [5, 5.41) is 38.1. The largest absolute Gasteiger partial charge is 0.470 e. The molecule has 3 aromatic heterocycles. The van der Waals surface area contributed by atoms with E-state index < -0.39 is 148 Å². The molecule has 0 radical (unpaired) electrons. The predicted octanol–water partition coefficient (Wildman–Crippen LogP) is 6.10. The van der Waals surface area contributed by atoms with Crippen LogP contribution in [0.2, 0.25) is 0 Å². The van der Waals surface area contributed by atoms with Gasteiger partial charge in [0.25, 0.3) is 5.56 Å². The van der Waals surface area contributed by atoms with E-state index in [-0.39, 0.29) is 58.5 Å². The number of rotatable bonds is 21. The number of methoxy groups -OCH3 is 2. The summed E-state index contributed by atoms with van der Waals surface area (Å²) >= 11 is 0. The number of alkyl carbamates (subject to hydrolysis) is 1. The number of nitrogens with one attached hydrogen (secondary N) is 2. The van der Waals surface area contributed by atoms with E-state index in [2.05, 4.69) is 37.2 Å². The monoisotopic (exact) mass is 1390 g/mol. The van der Waals surface area contributed by atoms with Crippen LogP contribution in [0.3, 0.4) is 0 Å². The van der Waals surface area contributed by atoms with Gasteiger partial charge in [-0.15, -0.1) is 5.10 Å². The summed E-state index contributed by atoms with van der Waals surface area (Å²) in [5.41, 5.74) is -2.46. The number of ether oxygens (including phenoxy) is 10. The number of carbonyl (C=O) groups is 6. The number of benzene rings is 3. The van der Waals surface area contributed by atoms with E-state index in [1.807, 2.05) is 0 Å². The number of fused-ring (bicyclic) bond motifs is 6. The fourth-order valence-electron chi connectivity index (χ4n) is 14.2. The number of nitrogens with two attached hydrogens (primary N) is 1. The van der Waals surface area contributed by atoms with Crippen LogP contribution >= 0.6 is 21.6 Å². The molecule has 5 unspecified atom stereocenters. The van der Waals surface area contributed by atoms with E-state index in [4.69, 9.17) is 57.9 Å². The maximum Gasteiger partial charge on any atom is 0.408 e. The van der Waals surface area contributed by atoms with Gasteiger partial charge in [-0.2, -0.15) is 4.98 Å². The third kappa shape index (κ3) is 13.2. The van der Waals surface area contributed by atoms with Crippen molar-refractivity contribution in [2.24, 2.45) is 16.7 Å². The summed E-state index contributed by atoms with van der Waals surface area (Å²) in [5.74, 6) is -6.56. The van der Waals surface area contributed by atoms with Crippen LogP contribution in [0.25, 0.3) is 22.4 Å². The summed E-state index contributed by atoms with van der Waals surface area (Å²) in [7, 11) is 5.12. The highest BCUT2D eigenvalue weighted by molar-refractivity contribution is 8.78. The fourth-order valence-corrected chi connectivity index (χ4v) is 16.0. The molecule has 29 nitrogen and oxygen atoms in total. The Morgan fingerprint density at radius 3 is 2.29 bits per heavy atom. The minimum atomic E-state index is -2.50. The molecule has 11 rings (SSSR count). The highest BCUT2D eigenvalue weighted by atomic mass is 33.1. The van der Waals surface area contributed by atoms with Crippen LogP contribution in [0.5, 0.6) is 0 Å². The molecule has 2 saturated carbocycles. The summed E-state index contributed by atoms with van der Waals surface area (Å²) in [6, 6.07) is 21.8. The van der Waals surface area contributed by atoms with Crippen molar-refractivity contribution >= 4 is 74.5 Å². The maximum absolute atomic E-state index is 16.0. The van der Waals surface area contributed by atoms with Crippen LogP contribution in [0.15, 0.2) is 130 Å². The molecule has 3 aromatic carbocycles. The van der Waals surface area contributed by atoms with E-state index in [1.54, 1.807) is 107 Å². The summed E-state index contributed by atoms with van der Waals surface area (Å²) < 4.78 is 63.1. The van der Waals surface area contributed by atoms with E-state index in [0.29, 0.717) is 21.7 Å². The van der Waals surface area contributed by atoms with Gasteiger partial charge in [-0.3, -0.25) is 28.7 Å². The van der Waals surface area contributed by atoms with Crippen molar-refractivity contribution in [3.8, 4) is 11.3 Å². The number of hydrogen-bond acceptors (Lipinski definition) is 27.